The lowest BCUT2D eigenvalue weighted by Gasteiger charge is -2.16. The molecule has 0 fully saturated rings. The summed E-state index contributed by atoms with van der Waals surface area (Å²) in [4.78, 5) is 20.7. The van der Waals surface area contributed by atoms with Crippen LogP contribution < -0.4 is 9.46 Å². The maximum Gasteiger partial charge on any atom is 0.306 e. The molecule has 2 aromatic heterocycles. The molecule has 0 aliphatic carbocycles. The summed E-state index contributed by atoms with van der Waals surface area (Å²) in [6.07, 6.45) is 3.37. The number of rotatable bonds is 19. The summed E-state index contributed by atoms with van der Waals surface area (Å²) >= 11 is 0.892. The highest BCUT2D eigenvalue weighted by Gasteiger charge is 2.20. The number of carbonyl (C=O) groups is 1. The van der Waals surface area contributed by atoms with Gasteiger partial charge in [0, 0.05) is 42.5 Å². The SMILES string of the molecule is COCCOCCOCCOC(=O)CCc1cc(-c2cc(-c3cccc(C)c3)ccc2Oc2ccc(S(=O)(=O)Nc3ncns3)cc2C#N)ccn1. The van der Waals surface area contributed by atoms with E-state index in [0.29, 0.717) is 49.9 Å². The van der Waals surface area contributed by atoms with E-state index in [1.165, 1.54) is 24.5 Å². The predicted octanol–water partition coefficient (Wildman–Crippen LogP) is 6.20. The van der Waals surface area contributed by atoms with Gasteiger partial charge < -0.3 is 23.7 Å². The van der Waals surface area contributed by atoms with Gasteiger partial charge in [0.25, 0.3) is 10.0 Å². The van der Waals surface area contributed by atoms with Gasteiger partial charge in [-0.1, -0.05) is 35.9 Å². The summed E-state index contributed by atoms with van der Waals surface area (Å²) in [6.45, 7) is 4.25. The van der Waals surface area contributed by atoms with Gasteiger partial charge in [0.15, 0.2) is 0 Å². The number of anilines is 1. The first-order valence-electron chi connectivity index (χ1n) is 16.2. The van der Waals surface area contributed by atoms with Crippen molar-refractivity contribution in [1.29, 1.82) is 5.26 Å². The van der Waals surface area contributed by atoms with Gasteiger partial charge in [0.1, 0.15) is 30.5 Å². The number of carbonyl (C=O) groups excluding carboxylic acids is 1. The molecule has 5 aromatic rings. The zero-order valence-electron chi connectivity index (χ0n) is 28.6. The number of pyridine rings is 1. The van der Waals surface area contributed by atoms with Crippen LogP contribution in [0.4, 0.5) is 5.13 Å². The number of sulfonamides is 1. The van der Waals surface area contributed by atoms with Crippen LogP contribution in [0.5, 0.6) is 11.5 Å². The minimum atomic E-state index is -4.03. The fraction of sp³-hybridized carbons (Fsp3) is 0.270. The van der Waals surface area contributed by atoms with Gasteiger partial charge in [-0.25, -0.2) is 13.4 Å². The molecule has 0 aliphatic heterocycles. The van der Waals surface area contributed by atoms with Crippen LogP contribution in [0.2, 0.25) is 0 Å². The van der Waals surface area contributed by atoms with Crippen molar-refractivity contribution in [3.63, 3.8) is 0 Å². The Kier molecular flexibility index (Phi) is 13.8. The topological polar surface area (TPSA) is 172 Å². The molecule has 0 amide bonds. The van der Waals surface area contributed by atoms with Gasteiger partial charge in [-0.2, -0.15) is 9.64 Å². The number of hydrogen-bond acceptors (Lipinski definition) is 13. The van der Waals surface area contributed by atoms with E-state index in [1.54, 1.807) is 19.4 Å². The van der Waals surface area contributed by atoms with Crippen LogP contribution in [0.1, 0.15) is 23.2 Å². The number of ether oxygens (including phenoxy) is 5. The molecule has 52 heavy (non-hydrogen) atoms. The molecule has 1 N–H and O–H groups in total. The molecule has 0 saturated carbocycles. The average Bonchev–Trinajstić information content (AvgIpc) is 3.66. The van der Waals surface area contributed by atoms with Gasteiger partial charge in [-0.05, 0) is 66.1 Å². The fourth-order valence-electron chi connectivity index (χ4n) is 4.98. The van der Waals surface area contributed by atoms with Gasteiger partial charge >= 0.3 is 5.97 Å². The molecule has 5 rings (SSSR count). The first-order valence-corrected chi connectivity index (χ1v) is 18.5. The lowest BCUT2D eigenvalue weighted by molar-refractivity contribution is -0.145. The predicted molar refractivity (Wildman–Crippen MR) is 195 cm³/mol. The number of benzene rings is 3. The summed E-state index contributed by atoms with van der Waals surface area (Å²) in [5.41, 5.74) is 5.19. The van der Waals surface area contributed by atoms with Crippen molar-refractivity contribution in [2.24, 2.45) is 0 Å². The van der Waals surface area contributed by atoms with E-state index < -0.39 is 10.0 Å². The fourth-order valence-corrected chi connectivity index (χ4v) is 6.66. The second-order valence-corrected chi connectivity index (χ2v) is 13.7. The molecular formula is C37H37N5O8S2. The molecule has 2 heterocycles. The Morgan fingerprint density at radius 1 is 0.865 bits per heavy atom. The smallest absolute Gasteiger partial charge is 0.306 e. The van der Waals surface area contributed by atoms with Crippen molar-refractivity contribution in [2.75, 3.05) is 51.5 Å². The molecule has 0 atom stereocenters. The van der Waals surface area contributed by atoms with Crippen LogP contribution in [0.3, 0.4) is 0 Å². The van der Waals surface area contributed by atoms with E-state index in [2.05, 4.69) is 25.1 Å². The number of aryl methyl sites for hydroxylation is 2. The number of hydrogen-bond donors (Lipinski definition) is 1. The van der Waals surface area contributed by atoms with E-state index in [-0.39, 0.29) is 46.9 Å². The minimum Gasteiger partial charge on any atom is -0.463 e. The van der Waals surface area contributed by atoms with Crippen molar-refractivity contribution in [1.82, 2.24) is 14.3 Å². The maximum atomic E-state index is 13.0. The summed E-state index contributed by atoms with van der Waals surface area (Å²) in [5, 5.41) is 10.1. The molecule has 0 aliphatic rings. The molecule has 0 saturated heterocycles. The number of esters is 1. The molecule has 270 valence electrons. The normalized spacial score (nSPS) is 11.2. The third-order valence-electron chi connectivity index (χ3n) is 7.52. The van der Waals surface area contributed by atoms with Gasteiger partial charge in [0.2, 0.25) is 5.13 Å². The lowest BCUT2D eigenvalue weighted by Crippen LogP contribution is -2.14. The Morgan fingerprint density at radius 2 is 1.63 bits per heavy atom. The molecule has 0 unspecified atom stereocenters. The largest absolute Gasteiger partial charge is 0.463 e. The lowest BCUT2D eigenvalue weighted by atomic mass is 9.97. The van der Waals surface area contributed by atoms with Crippen LogP contribution in [0.15, 0.2) is 90.2 Å². The van der Waals surface area contributed by atoms with Crippen molar-refractivity contribution in [2.45, 2.75) is 24.7 Å². The highest BCUT2D eigenvalue weighted by atomic mass is 32.2. The summed E-state index contributed by atoms with van der Waals surface area (Å²) in [7, 11) is -2.42. The number of aromatic nitrogens is 3. The zero-order valence-corrected chi connectivity index (χ0v) is 30.2. The second-order valence-electron chi connectivity index (χ2n) is 11.3. The van der Waals surface area contributed by atoms with Crippen molar-refractivity contribution in [3.8, 4) is 39.8 Å². The van der Waals surface area contributed by atoms with Crippen molar-refractivity contribution in [3.05, 3.63) is 102 Å². The average molecular weight is 744 g/mol. The molecule has 13 nitrogen and oxygen atoms in total. The summed E-state index contributed by atoms with van der Waals surface area (Å²) in [5.74, 6) is 0.225. The number of methoxy groups -OCH3 is 1. The first kappa shape index (κ1) is 38.0. The third kappa shape index (κ3) is 10.9. The monoisotopic (exact) mass is 743 g/mol. The molecule has 0 spiro atoms. The highest BCUT2D eigenvalue weighted by Crippen LogP contribution is 2.38. The quantitative estimate of drug-likeness (QED) is 0.0752. The molecule has 0 radical (unpaired) electrons. The Balaban J connectivity index is 1.32. The summed E-state index contributed by atoms with van der Waals surface area (Å²) < 4.78 is 59.4. The van der Waals surface area contributed by atoms with E-state index in [9.17, 15) is 18.5 Å². The molecule has 0 bridgehead atoms. The Labute approximate surface area is 306 Å². The van der Waals surface area contributed by atoms with Crippen LogP contribution in [-0.2, 0) is 40.2 Å². The van der Waals surface area contributed by atoms with Gasteiger partial charge in [-0.3, -0.25) is 14.5 Å². The van der Waals surface area contributed by atoms with Gasteiger partial charge in [0.05, 0.1) is 49.9 Å². The number of nitrogens with zero attached hydrogens (tertiary/aromatic N) is 4. The van der Waals surface area contributed by atoms with E-state index in [1.807, 2.05) is 55.5 Å². The maximum absolute atomic E-state index is 13.0. The Hall–Kier alpha value is -5.24. The van der Waals surface area contributed by atoms with E-state index >= 15 is 0 Å². The van der Waals surface area contributed by atoms with Crippen LogP contribution >= 0.6 is 11.5 Å². The van der Waals surface area contributed by atoms with E-state index in [4.69, 9.17) is 23.7 Å². The number of nitriles is 1. The number of nitrogens with one attached hydrogen (secondary N) is 1. The van der Waals surface area contributed by atoms with Gasteiger partial charge in [-0.15, -0.1) is 0 Å². The van der Waals surface area contributed by atoms with Crippen LogP contribution in [0, 0.1) is 18.3 Å². The first-order chi connectivity index (χ1) is 25.3. The third-order valence-corrected chi connectivity index (χ3v) is 9.57. The van der Waals surface area contributed by atoms with Crippen molar-refractivity contribution >= 4 is 32.7 Å². The Morgan fingerprint density at radius 3 is 2.38 bits per heavy atom. The van der Waals surface area contributed by atoms with Crippen LogP contribution in [0.25, 0.3) is 22.3 Å². The standard InChI is InChI=1S/C37H37N5O8S2/c1-26-4-3-5-27(20-26)28-6-9-35(50-34-10-8-32(22-30(34)24-38)52(44,45)42-37-40-25-41-51-37)33(23-28)29-12-13-39-31(21-29)7-11-36(43)49-19-18-48-17-16-47-15-14-46-2/h3-6,8-10,12-13,20-23,25H,7,11,14-19H2,1-2H3,(H,40,41,42). The van der Waals surface area contributed by atoms with Crippen molar-refractivity contribution < 1.29 is 36.9 Å². The van der Waals surface area contributed by atoms with Crippen LogP contribution in [-0.4, -0.2) is 75.5 Å². The Bertz CT molecular complexity index is 2100. The molecule has 3 aromatic carbocycles. The summed E-state index contributed by atoms with van der Waals surface area (Å²) in [6, 6.07) is 23.6. The zero-order chi connectivity index (χ0) is 36.8. The second kappa shape index (κ2) is 18.8. The molecule has 15 heteroatoms. The molecular weight excluding hydrogens is 707 g/mol. The minimum absolute atomic E-state index is 0.0172. The highest BCUT2D eigenvalue weighted by molar-refractivity contribution is 7.93. The van der Waals surface area contributed by atoms with E-state index in [0.717, 1.165) is 33.8 Å².